The summed E-state index contributed by atoms with van der Waals surface area (Å²) in [4.78, 5) is 14.3. The Morgan fingerprint density at radius 1 is 1.59 bits per heavy atom. The molecular weight excluding hydrogens is 222 g/mol. The first-order chi connectivity index (χ1) is 8.04. The minimum absolute atomic E-state index is 0.0356. The number of aromatic nitrogens is 1. The molecule has 0 aliphatic carbocycles. The van der Waals surface area contributed by atoms with E-state index in [0.29, 0.717) is 24.7 Å². The van der Waals surface area contributed by atoms with Crippen LogP contribution in [0.1, 0.15) is 19.5 Å². The molecule has 94 valence electrons. The topological polar surface area (TPSA) is 77.3 Å². The lowest BCUT2D eigenvalue weighted by Crippen LogP contribution is -2.20. The first-order valence-electron chi connectivity index (χ1n) is 5.52. The zero-order valence-electron chi connectivity index (χ0n) is 10.3. The first-order valence-corrected chi connectivity index (χ1v) is 5.52. The van der Waals surface area contributed by atoms with Crippen LogP contribution in [-0.4, -0.2) is 29.2 Å². The van der Waals surface area contributed by atoms with Crippen molar-refractivity contribution in [3.63, 3.8) is 0 Å². The van der Waals surface area contributed by atoms with E-state index in [1.807, 2.05) is 13.8 Å². The summed E-state index contributed by atoms with van der Waals surface area (Å²) >= 11 is 0. The highest BCUT2D eigenvalue weighted by Gasteiger charge is 2.11. The number of nitrogens with zero attached hydrogens (tertiary/aromatic N) is 2. The number of nitrogens with one attached hydrogen (secondary N) is 1. The van der Waals surface area contributed by atoms with Gasteiger partial charge in [0.1, 0.15) is 11.5 Å². The summed E-state index contributed by atoms with van der Waals surface area (Å²) in [6.07, 6.45) is 0.0808. The fourth-order valence-electron chi connectivity index (χ4n) is 1.44. The van der Waals surface area contributed by atoms with Gasteiger partial charge >= 0.3 is 0 Å². The van der Waals surface area contributed by atoms with Gasteiger partial charge in [-0.2, -0.15) is 0 Å². The van der Waals surface area contributed by atoms with Crippen molar-refractivity contribution in [1.82, 2.24) is 4.98 Å². The average molecular weight is 239 g/mol. The Hall–Kier alpha value is -1.69. The minimum atomic E-state index is -0.436. The summed E-state index contributed by atoms with van der Waals surface area (Å²) in [6, 6.07) is 3.06. The van der Waals surface area contributed by atoms with E-state index in [9.17, 15) is 10.1 Å². The van der Waals surface area contributed by atoms with Gasteiger partial charge in [0.15, 0.2) is 0 Å². The molecule has 17 heavy (non-hydrogen) atoms. The van der Waals surface area contributed by atoms with E-state index in [1.54, 1.807) is 13.0 Å². The molecule has 1 atom stereocenters. The normalized spacial score (nSPS) is 12.2. The second kappa shape index (κ2) is 6.15. The highest BCUT2D eigenvalue weighted by atomic mass is 16.6. The van der Waals surface area contributed by atoms with Crippen molar-refractivity contribution >= 4 is 11.5 Å². The van der Waals surface area contributed by atoms with Crippen LogP contribution in [0.2, 0.25) is 0 Å². The molecule has 0 aliphatic heterocycles. The summed E-state index contributed by atoms with van der Waals surface area (Å²) in [5.41, 5.74) is 0.442. The zero-order chi connectivity index (χ0) is 12.8. The molecule has 1 rings (SSSR count). The smallest absolute Gasteiger partial charge is 0.290 e. The summed E-state index contributed by atoms with van der Waals surface area (Å²) in [5.74, 6) is 0.625. The van der Waals surface area contributed by atoms with Gasteiger partial charge in [0.2, 0.25) is 0 Å². The van der Waals surface area contributed by atoms with Crippen molar-refractivity contribution in [2.45, 2.75) is 26.9 Å². The maximum atomic E-state index is 10.6. The number of aryl methyl sites for hydroxylation is 1. The first kappa shape index (κ1) is 13.4. The van der Waals surface area contributed by atoms with Crippen LogP contribution in [-0.2, 0) is 4.74 Å². The van der Waals surface area contributed by atoms with Gasteiger partial charge < -0.3 is 10.1 Å². The van der Waals surface area contributed by atoms with Crippen LogP contribution in [0.25, 0.3) is 0 Å². The molecule has 0 saturated heterocycles. The van der Waals surface area contributed by atoms with Crippen LogP contribution in [0.15, 0.2) is 12.1 Å². The summed E-state index contributed by atoms with van der Waals surface area (Å²) in [6.45, 7) is 6.79. The number of hydrogen-bond donors (Lipinski definition) is 1. The van der Waals surface area contributed by atoms with E-state index >= 15 is 0 Å². The molecule has 0 spiro atoms. The van der Waals surface area contributed by atoms with Crippen molar-refractivity contribution in [2.24, 2.45) is 0 Å². The predicted octanol–water partition coefficient (Wildman–Crippen LogP) is 2.14. The number of anilines is 1. The Balaban J connectivity index is 2.62. The van der Waals surface area contributed by atoms with E-state index in [-0.39, 0.29) is 11.8 Å². The second-order valence-corrected chi connectivity index (χ2v) is 3.70. The Kier molecular flexibility index (Phi) is 4.84. The van der Waals surface area contributed by atoms with Crippen LogP contribution in [0.5, 0.6) is 0 Å². The summed E-state index contributed by atoms with van der Waals surface area (Å²) in [7, 11) is 0. The standard InChI is InChI=1S/C11H17N3O3/c1-4-17-8(2)7-12-11-6-5-10(14(15)16)9(3)13-11/h5-6,8H,4,7H2,1-3H3,(H,12,13). The zero-order valence-corrected chi connectivity index (χ0v) is 10.3. The van der Waals surface area contributed by atoms with Gasteiger partial charge in [0.25, 0.3) is 5.69 Å². The monoisotopic (exact) mass is 239 g/mol. The van der Waals surface area contributed by atoms with E-state index in [4.69, 9.17) is 4.74 Å². The lowest BCUT2D eigenvalue weighted by molar-refractivity contribution is -0.385. The summed E-state index contributed by atoms with van der Waals surface area (Å²) < 4.78 is 5.36. The Labute approximate surface area is 100 Å². The van der Waals surface area contributed by atoms with Crippen molar-refractivity contribution in [3.05, 3.63) is 27.9 Å². The Morgan fingerprint density at radius 3 is 2.82 bits per heavy atom. The van der Waals surface area contributed by atoms with E-state index in [1.165, 1.54) is 6.07 Å². The van der Waals surface area contributed by atoms with Gasteiger partial charge in [-0.3, -0.25) is 10.1 Å². The molecule has 0 bridgehead atoms. The van der Waals surface area contributed by atoms with Gasteiger partial charge in [-0.05, 0) is 26.8 Å². The molecule has 1 heterocycles. The molecule has 6 heteroatoms. The van der Waals surface area contributed by atoms with Gasteiger partial charge in [0.05, 0.1) is 11.0 Å². The fraction of sp³-hybridized carbons (Fsp3) is 0.545. The lowest BCUT2D eigenvalue weighted by atomic mass is 10.3. The molecule has 0 fully saturated rings. The van der Waals surface area contributed by atoms with E-state index in [0.717, 1.165) is 0 Å². The lowest BCUT2D eigenvalue weighted by Gasteiger charge is -2.13. The molecule has 0 saturated carbocycles. The third-order valence-corrected chi connectivity index (χ3v) is 2.28. The highest BCUT2D eigenvalue weighted by Crippen LogP contribution is 2.17. The Morgan fingerprint density at radius 2 is 2.29 bits per heavy atom. The number of ether oxygens (including phenoxy) is 1. The molecule has 1 aromatic heterocycles. The molecule has 0 radical (unpaired) electrons. The molecule has 1 unspecified atom stereocenters. The van der Waals surface area contributed by atoms with Crippen molar-refractivity contribution in [2.75, 3.05) is 18.5 Å². The minimum Gasteiger partial charge on any atom is -0.377 e. The molecule has 0 aromatic carbocycles. The SMILES string of the molecule is CCOC(C)CNc1ccc([N+](=O)[O-])c(C)n1. The quantitative estimate of drug-likeness (QED) is 0.607. The van der Waals surface area contributed by atoms with Crippen LogP contribution in [0.4, 0.5) is 11.5 Å². The van der Waals surface area contributed by atoms with Crippen molar-refractivity contribution < 1.29 is 9.66 Å². The van der Waals surface area contributed by atoms with E-state index < -0.39 is 4.92 Å². The second-order valence-electron chi connectivity index (χ2n) is 3.70. The van der Waals surface area contributed by atoms with Crippen molar-refractivity contribution in [1.29, 1.82) is 0 Å². The van der Waals surface area contributed by atoms with Gasteiger partial charge in [-0.1, -0.05) is 0 Å². The van der Waals surface area contributed by atoms with Crippen LogP contribution in [0.3, 0.4) is 0 Å². The number of hydrogen-bond acceptors (Lipinski definition) is 5. The third kappa shape index (κ3) is 3.99. The average Bonchev–Trinajstić information content (AvgIpc) is 2.26. The largest absolute Gasteiger partial charge is 0.377 e. The van der Waals surface area contributed by atoms with Crippen molar-refractivity contribution in [3.8, 4) is 0 Å². The molecular formula is C11H17N3O3. The maximum absolute atomic E-state index is 10.6. The van der Waals surface area contributed by atoms with E-state index in [2.05, 4.69) is 10.3 Å². The predicted molar refractivity (Wildman–Crippen MR) is 65.2 cm³/mol. The molecule has 1 N–H and O–H groups in total. The molecule has 1 aromatic rings. The molecule has 6 nitrogen and oxygen atoms in total. The molecule has 0 aliphatic rings. The highest BCUT2D eigenvalue weighted by molar-refractivity contribution is 5.44. The number of nitro groups is 1. The van der Waals surface area contributed by atoms with Gasteiger partial charge in [-0.15, -0.1) is 0 Å². The van der Waals surface area contributed by atoms with Gasteiger partial charge in [-0.25, -0.2) is 4.98 Å². The van der Waals surface area contributed by atoms with Crippen LogP contribution in [0, 0.1) is 17.0 Å². The third-order valence-electron chi connectivity index (χ3n) is 2.28. The fourth-order valence-corrected chi connectivity index (χ4v) is 1.44. The number of rotatable bonds is 6. The Bertz CT molecular complexity index is 396. The maximum Gasteiger partial charge on any atom is 0.290 e. The number of pyridine rings is 1. The molecule has 0 amide bonds. The van der Waals surface area contributed by atoms with Crippen LogP contribution < -0.4 is 5.32 Å². The summed E-state index contributed by atoms with van der Waals surface area (Å²) in [5, 5.41) is 13.7. The van der Waals surface area contributed by atoms with Gasteiger partial charge in [0, 0.05) is 19.2 Å². The van der Waals surface area contributed by atoms with Crippen LogP contribution >= 0.6 is 0 Å².